The number of nitrogens with one attached hydrogen (secondary N) is 1. The lowest BCUT2D eigenvalue weighted by Crippen LogP contribution is -2.43. The molecule has 0 aliphatic carbocycles. The molecule has 2 aliphatic heterocycles. The molecule has 0 bridgehead atoms. The molecule has 0 spiro atoms. The van der Waals surface area contributed by atoms with E-state index in [0.29, 0.717) is 59.8 Å². The Labute approximate surface area is 232 Å². The number of β-amino-alcohol motifs (C(OH)–C–C–N with tert-alkyl or cyclic N) is 1. The lowest BCUT2D eigenvalue weighted by Gasteiger charge is -2.34. The summed E-state index contributed by atoms with van der Waals surface area (Å²) in [6, 6.07) is 5.21. The molecule has 0 amide bonds. The van der Waals surface area contributed by atoms with Gasteiger partial charge in [0.25, 0.3) is 0 Å². The number of pyridine rings is 2. The van der Waals surface area contributed by atoms with Gasteiger partial charge in [0, 0.05) is 48.4 Å². The van der Waals surface area contributed by atoms with Gasteiger partial charge in [0.1, 0.15) is 24.5 Å². The third-order valence-electron chi connectivity index (χ3n) is 6.54. The van der Waals surface area contributed by atoms with Crippen molar-refractivity contribution in [3.05, 3.63) is 52.7 Å². The van der Waals surface area contributed by atoms with Gasteiger partial charge in [-0.3, -0.25) is 9.97 Å². The van der Waals surface area contributed by atoms with Crippen LogP contribution in [0, 0.1) is 5.82 Å². The molecule has 4 heterocycles. The van der Waals surface area contributed by atoms with E-state index in [-0.39, 0.29) is 30.3 Å². The Balaban J connectivity index is 0.00000190. The van der Waals surface area contributed by atoms with Crippen molar-refractivity contribution >= 4 is 47.3 Å². The molecule has 5 rings (SSSR count). The maximum absolute atomic E-state index is 14.5. The van der Waals surface area contributed by atoms with Gasteiger partial charge in [-0.1, -0.05) is 11.6 Å². The second kappa shape index (κ2) is 13.1. The number of aliphatic hydroxyl groups excluding tert-OH is 1. The summed E-state index contributed by atoms with van der Waals surface area (Å²) >= 11 is 6.39. The van der Waals surface area contributed by atoms with E-state index >= 15 is 0 Å². The molecule has 37 heavy (non-hydrogen) atoms. The van der Waals surface area contributed by atoms with E-state index in [2.05, 4.69) is 20.2 Å². The minimum atomic E-state index is -0.883. The van der Waals surface area contributed by atoms with Gasteiger partial charge in [0.05, 0.1) is 30.1 Å². The molecule has 1 unspecified atom stereocenters. The predicted molar refractivity (Wildman–Crippen MR) is 144 cm³/mol. The van der Waals surface area contributed by atoms with E-state index in [1.165, 1.54) is 19.4 Å². The molecular formula is C25H30Cl3FN4O4. The van der Waals surface area contributed by atoms with E-state index in [1.54, 1.807) is 12.3 Å². The summed E-state index contributed by atoms with van der Waals surface area (Å²) in [4.78, 5) is 10.8. The van der Waals surface area contributed by atoms with E-state index in [9.17, 15) is 9.50 Å². The number of nitrogens with zero attached hydrogens (tertiary/aromatic N) is 3. The largest absolute Gasteiger partial charge is 0.497 e. The summed E-state index contributed by atoms with van der Waals surface area (Å²) in [5, 5.41) is 15.4. The van der Waals surface area contributed by atoms with Gasteiger partial charge >= 0.3 is 0 Å². The third-order valence-corrected chi connectivity index (χ3v) is 6.84. The Morgan fingerprint density at radius 1 is 1.14 bits per heavy atom. The molecule has 202 valence electrons. The second-order valence-corrected chi connectivity index (χ2v) is 9.22. The smallest absolute Gasteiger partial charge is 0.179 e. The van der Waals surface area contributed by atoms with Crippen molar-refractivity contribution < 1.29 is 23.7 Å². The first kappa shape index (κ1) is 29.4. The number of hydrogen-bond acceptors (Lipinski definition) is 8. The minimum absolute atomic E-state index is 0. The van der Waals surface area contributed by atoms with Crippen LogP contribution in [0.2, 0.25) is 5.02 Å². The molecule has 1 atom stereocenters. The van der Waals surface area contributed by atoms with Gasteiger partial charge in [-0.05, 0) is 32.0 Å². The Kier molecular flexibility index (Phi) is 10.4. The Morgan fingerprint density at radius 2 is 1.86 bits per heavy atom. The highest BCUT2D eigenvalue weighted by molar-refractivity contribution is 6.32. The van der Waals surface area contributed by atoms with Crippen LogP contribution in [-0.4, -0.2) is 66.0 Å². The van der Waals surface area contributed by atoms with Crippen LogP contribution < -0.4 is 19.5 Å². The molecule has 2 aromatic heterocycles. The zero-order valence-corrected chi connectivity index (χ0v) is 22.7. The number of aliphatic hydroxyl groups is 1. The summed E-state index contributed by atoms with van der Waals surface area (Å²) in [6.07, 6.45) is 4.09. The SMILES string of the molecule is COc1cc(F)c2ncc(Cl)c(C(O)CN3CCC(NCc4cc5c(cn4)OCCO5)CC3)c2c1.Cl.Cl. The zero-order valence-electron chi connectivity index (χ0n) is 20.3. The number of methoxy groups -OCH3 is 1. The maximum atomic E-state index is 14.5. The second-order valence-electron chi connectivity index (χ2n) is 8.82. The van der Waals surface area contributed by atoms with Crippen molar-refractivity contribution in [1.82, 2.24) is 20.2 Å². The summed E-state index contributed by atoms with van der Waals surface area (Å²) in [6.45, 7) is 3.79. The van der Waals surface area contributed by atoms with Crippen LogP contribution >= 0.6 is 36.4 Å². The molecule has 8 nitrogen and oxygen atoms in total. The summed E-state index contributed by atoms with van der Waals surface area (Å²) in [5.41, 5.74) is 1.55. The normalized spacial score (nSPS) is 16.5. The van der Waals surface area contributed by atoms with Gasteiger partial charge in [-0.2, -0.15) is 0 Å². The fourth-order valence-corrected chi connectivity index (χ4v) is 4.95. The van der Waals surface area contributed by atoms with Crippen LogP contribution in [0.3, 0.4) is 0 Å². The lowest BCUT2D eigenvalue weighted by atomic mass is 10.0. The summed E-state index contributed by atoms with van der Waals surface area (Å²) < 4.78 is 30.8. The lowest BCUT2D eigenvalue weighted by molar-refractivity contribution is 0.0949. The van der Waals surface area contributed by atoms with Crippen molar-refractivity contribution in [2.24, 2.45) is 0 Å². The molecule has 1 saturated heterocycles. The molecule has 12 heteroatoms. The molecule has 2 aliphatic rings. The van der Waals surface area contributed by atoms with Crippen molar-refractivity contribution in [3.8, 4) is 17.2 Å². The first-order chi connectivity index (χ1) is 17.0. The monoisotopic (exact) mass is 574 g/mol. The number of fused-ring (bicyclic) bond motifs is 2. The highest BCUT2D eigenvalue weighted by atomic mass is 35.5. The van der Waals surface area contributed by atoms with Crippen LogP contribution in [0.4, 0.5) is 4.39 Å². The first-order valence-electron chi connectivity index (χ1n) is 11.7. The summed E-state index contributed by atoms with van der Waals surface area (Å²) in [5.74, 6) is 1.28. The highest BCUT2D eigenvalue weighted by Crippen LogP contribution is 2.34. The van der Waals surface area contributed by atoms with Crippen LogP contribution in [0.5, 0.6) is 17.2 Å². The number of ether oxygens (including phenoxy) is 3. The van der Waals surface area contributed by atoms with Crippen LogP contribution in [-0.2, 0) is 6.54 Å². The van der Waals surface area contributed by atoms with Crippen molar-refractivity contribution in [2.75, 3.05) is 40.0 Å². The number of hydrogen-bond donors (Lipinski definition) is 2. The first-order valence-corrected chi connectivity index (χ1v) is 12.1. The van der Waals surface area contributed by atoms with Crippen LogP contribution in [0.1, 0.15) is 30.2 Å². The molecular weight excluding hydrogens is 546 g/mol. The number of piperidine rings is 1. The number of benzene rings is 1. The Hall–Kier alpha value is -2.14. The van der Waals surface area contributed by atoms with Gasteiger partial charge in [-0.25, -0.2) is 4.39 Å². The van der Waals surface area contributed by atoms with Gasteiger partial charge in [-0.15, -0.1) is 24.8 Å². The quantitative estimate of drug-likeness (QED) is 0.430. The summed E-state index contributed by atoms with van der Waals surface area (Å²) in [7, 11) is 1.47. The fraction of sp³-hybridized carbons (Fsp3) is 0.440. The van der Waals surface area contributed by atoms with E-state index < -0.39 is 11.9 Å². The molecule has 1 fully saturated rings. The minimum Gasteiger partial charge on any atom is -0.497 e. The van der Waals surface area contributed by atoms with Gasteiger partial charge in [0.2, 0.25) is 0 Å². The van der Waals surface area contributed by atoms with Crippen molar-refractivity contribution in [3.63, 3.8) is 0 Å². The number of rotatable bonds is 7. The van der Waals surface area contributed by atoms with Crippen LogP contribution in [0.25, 0.3) is 10.9 Å². The average Bonchev–Trinajstić information content (AvgIpc) is 2.87. The Bertz CT molecular complexity index is 1210. The van der Waals surface area contributed by atoms with E-state index in [1.807, 2.05) is 6.07 Å². The fourth-order valence-electron chi connectivity index (χ4n) is 4.68. The number of halogens is 4. The van der Waals surface area contributed by atoms with Crippen molar-refractivity contribution in [2.45, 2.75) is 31.5 Å². The zero-order chi connectivity index (χ0) is 24.4. The predicted octanol–water partition coefficient (Wildman–Crippen LogP) is 4.33. The molecule has 0 saturated carbocycles. The molecule has 3 aromatic rings. The Morgan fingerprint density at radius 3 is 2.59 bits per heavy atom. The third kappa shape index (κ3) is 6.66. The van der Waals surface area contributed by atoms with Crippen LogP contribution in [0.15, 0.2) is 30.6 Å². The van der Waals surface area contributed by atoms with Gasteiger partial charge in [0.15, 0.2) is 17.3 Å². The number of aromatic nitrogens is 2. The molecule has 1 aromatic carbocycles. The number of likely N-dealkylation sites (tertiary alicyclic amines) is 1. The maximum Gasteiger partial charge on any atom is 0.179 e. The highest BCUT2D eigenvalue weighted by Gasteiger charge is 2.25. The standard InChI is InChI=1S/C25H28ClFN4O4.2ClH/c1-33-17-9-18-24(19(26)12-30-25(18)20(27)10-17)21(32)14-31-4-2-15(3-5-31)28-11-16-8-22-23(13-29-16)35-7-6-34-22;;/h8-10,12-13,15,21,28,32H,2-7,11,14H2,1H3;2*1H. The van der Waals surface area contributed by atoms with Crippen molar-refractivity contribution in [1.29, 1.82) is 0 Å². The molecule has 0 radical (unpaired) electrons. The average molecular weight is 576 g/mol. The van der Waals surface area contributed by atoms with E-state index in [0.717, 1.165) is 37.4 Å². The molecule has 2 N–H and O–H groups in total. The van der Waals surface area contributed by atoms with Gasteiger partial charge < -0.3 is 29.5 Å². The van der Waals surface area contributed by atoms with E-state index in [4.69, 9.17) is 25.8 Å². The topological polar surface area (TPSA) is 89.0 Å².